The molecule has 1 aliphatic rings. The number of halogens is 1. The molecule has 0 bridgehead atoms. The number of piperidine rings is 1. The van der Waals surface area contributed by atoms with Crippen LogP contribution in [0.25, 0.3) is 0 Å². The van der Waals surface area contributed by atoms with Crippen molar-refractivity contribution in [2.45, 2.75) is 25.7 Å². The smallest absolute Gasteiger partial charge is 0.191 e. The number of hydrogen-bond donors (Lipinski definition) is 2. The second kappa shape index (κ2) is 9.28. The number of nitrogens with zero attached hydrogens (tertiary/aromatic N) is 2. The summed E-state index contributed by atoms with van der Waals surface area (Å²) in [4.78, 5) is 8.09. The summed E-state index contributed by atoms with van der Waals surface area (Å²) in [6, 6.07) is 4.04. The van der Waals surface area contributed by atoms with Crippen LogP contribution in [0, 0.1) is 0 Å². The Bertz CT molecular complexity index is 441. The van der Waals surface area contributed by atoms with E-state index >= 15 is 0 Å². The van der Waals surface area contributed by atoms with Crippen LogP contribution in [0.2, 0.25) is 4.34 Å². The molecule has 1 fully saturated rings. The summed E-state index contributed by atoms with van der Waals surface area (Å²) >= 11 is 7.57. The van der Waals surface area contributed by atoms with E-state index in [0.717, 1.165) is 36.4 Å². The Balaban J connectivity index is 1.59. The van der Waals surface area contributed by atoms with Gasteiger partial charge >= 0.3 is 0 Å². The Morgan fingerprint density at radius 2 is 2.00 bits per heavy atom. The quantitative estimate of drug-likeness (QED) is 0.623. The van der Waals surface area contributed by atoms with Gasteiger partial charge in [-0.2, -0.15) is 0 Å². The zero-order valence-electron chi connectivity index (χ0n) is 12.7. The molecular formula is C15H25ClN4S. The Morgan fingerprint density at radius 1 is 1.24 bits per heavy atom. The second-order valence-electron chi connectivity index (χ2n) is 5.28. The average molecular weight is 329 g/mol. The molecule has 0 atom stereocenters. The molecule has 2 rings (SSSR count). The van der Waals surface area contributed by atoms with E-state index in [1.165, 1.54) is 37.2 Å². The molecular weight excluding hydrogens is 304 g/mol. The van der Waals surface area contributed by atoms with Gasteiger partial charge in [-0.25, -0.2) is 0 Å². The van der Waals surface area contributed by atoms with Gasteiger partial charge in [0.05, 0.1) is 4.34 Å². The first-order chi connectivity index (χ1) is 10.3. The summed E-state index contributed by atoms with van der Waals surface area (Å²) in [6.07, 6.45) is 5.05. The maximum Gasteiger partial charge on any atom is 0.191 e. The molecule has 0 unspecified atom stereocenters. The molecule has 0 amide bonds. The van der Waals surface area contributed by atoms with Crippen molar-refractivity contribution >= 4 is 28.9 Å². The van der Waals surface area contributed by atoms with Gasteiger partial charge < -0.3 is 15.5 Å². The molecule has 0 aromatic carbocycles. The second-order valence-corrected chi connectivity index (χ2v) is 7.08. The number of likely N-dealkylation sites (tertiary alicyclic amines) is 1. The minimum absolute atomic E-state index is 0.856. The summed E-state index contributed by atoms with van der Waals surface area (Å²) in [6.45, 7) is 5.41. The molecule has 0 aliphatic carbocycles. The average Bonchev–Trinajstić information content (AvgIpc) is 2.92. The van der Waals surface area contributed by atoms with Gasteiger partial charge in [0.15, 0.2) is 5.96 Å². The molecule has 4 nitrogen and oxygen atoms in total. The summed E-state index contributed by atoms with van der Waals surface area (Å²) in [5.41, 5.74) is 0. The zero-order chi connectivity index (χ0) is 14.9. The maximum absolute atomic E-state index is 5.93. The standard InChI is InChI=1S/C15H25ClN4S/c1-17-15(18-8-7-13-5-6-14(16)21-13)19-9-12-20-10-3-2-4-11-20/h5-6H,2-4,7-12H2,1H3,(H2,17,18,19). The largest absolute Gasteiger partial charge is 0.356 e. The molecule has 6 heteroatoms. The van der Waals surface area contributed by atoms with Crippen molar-refractivity contribution in [2.24, 2.45) is 4.99 Å². The molecule has 118 valence electrons. The first-order valence-corrected chi connectivity index (χ1v) is 8.88. The van der Waals surface area contributed by atoms with Gasteiger partial charge in [0.2, 0.25) is 0 Å². The molecule has 21 heavy (non-hydrogen) atoms. The van der Waals surface area contributed by atoms with E-state index in [2.05, 4.69) is 26.6 Å². The van der Waals surface area contributed by atoms with Gasteiger partial charge in [-0.1, -0.05) is 18.0 Å². The van der Waals surface area contributed by atoms with Gasteiger partial charge in [0, 0.05) is 31.6 Å². The van der Waals surface area contributed by atoms with E-state index in [-0.39, 0.29) is 0 Å². The summed E-state index contributed by atoms with van der Waals surface area (Å²) in [5, 5.41) is 6.73. The van der Waals surface area contributed by atoms with Crippen LogP contribution < -0.4 is 10.6 Å². The van der Waals surface area contributed by atoms with Crippen molar-refractivity contribution in [1.29, 1.82) is 0 Å². The summed E-state index contributed by atoms with van der Waals surface area (Å²) < 4.78 is 0.856. The Hall–Kier alpha value is -0.780. The molecule has 0 radical (unpaired) electrons. The van der Waals surface area contributed by atoms with Crippen LogP contribution in [-0.4, -0.2) is 50.6 Å². The molecule has 2 N–H and O–H groups in total. The van der Waals surface area contributed by atoms with Crippen molar-refractivity contribution in [3.8, 4) is 0 Å². The molecule has 0 spiro atoms. The topological polar surface area (TPSA) is 39.7 Å². The summed E-state index contributed by atoms with van der Waals surface area (Å²) in [5.74, 6) is 0.884. The number of rotatable bonds is 6. The van der Waals surface area contributed by atoms with E-state index in [4.69, 9.17) is 11.6 Å². The van der Waals surface area contributed by atoms with Crippen molar-refractivity contribution in [3.63, 3.8) is 0 Å². The Morgan fingerprint density at radius 3 is 2.67 bits per heavy atom. The first kappa shape index (κ1) is 16.6. The monoisotopic (exact) mass is 328 g/mol. The Kier molecular flexibility index (Phi) is 7.33. The first-order valence-electron chi connectivity index (χ1n) is 7.69. The van der Waals surface area contributed by atoms with Crippen LogP contribution in [0.15, 0.2) is 17.1 Å². The van der Waals surface area contributed by atoms with Crippen LogP contribution in [0.1, 0.15) is 24.1 Å². The molecule has 1 aromatic heterocycles. The van der Waals surface area contributed by atoms with E-state index < -0.39 is 0 Å². The van der Waals surface area contributed by atoms with Gasteiger partial charge in [-0.05, 0) is 44.5 Å². The fourth-order valence-electron chi connectivity index (χ4n) is 2.53. The van der Waals surface area contributed by atoms with Gasteiger partial charge in [0.1, 0.15) is 0 Å². The minimum atomic E-state index is 0.856. The minimum Gasteiger partial charge on any atom is -0.356 e. The lowest BCUT2D eigenvalue weighted by Gasteiger charge is -2.26. The Labute approximate surface area is 136 Å². The molecule has 0 saturated carbocycles. The van der Waals surface area contributed by atoms with Gasteiger partial charge in [-0.3, -0.25) is 4.99 Å². The highest BCUT2D eigenvalue weighted by molar-refractivity contribution is 7.16. The lowest BCUT2D eigenvalue weighted by atomic mass is 10.1. The van der Waals surface area contributed by atoms with Crippen LogP contribution in [0.4, 0.5) is 0 Å². The lowest BCUT2D eigenvalue weighted by Crippen LogP contribution is -2.43. The lowest BCUT2D eigenvalue weighted by molar-refractivity contribution is 0.232. The van der Waals surface area contributed by atoms with Crippen LogP contribution >= 0.6 is 22.9 Å². The zero-order valence-corrected chi connectivity index (χ0v) is 14.3. The van der Waals surface area contributed by atoms with Crippen LogP contribution in [-0.2, 0) is 6.42 Å². The number of guanidine groups is 1. The number of nitrogens with one attached hydrogen (secondary N) is 2. The van der Waals surface area contributed by atoms with Crippen molar-refractivity contribution < 1.29 is 0 Å². The normalized spacial score (nSPS) is 17.0. The summed E-state index contributed by atoms with van der Waals surface area (Å²) in [7, 11) is 1.82. The highest BCUT2D eigenvalue weighted by Crippen LogP contribution is 2.21. The number of hydrogen-bond acceptors (Lipinski definition) is 3. The number of thiophene rings is 1. The van der Waals surface area contributed by atoms with Crippen molar-refractivity contribution in [2.75, 3.05) is 39.8 Å². The molecule has 1 aliphatic heterocycles. The highest BCUT2D eigenvalue weighted by atomic mass is 35.5. The fraction of sp³-hybridized carbons (Fsp3) is 0.667. The van der Waals surface area contributed by atoms with Crippen LogP contribution in [0.3, 0.4) is 0 Å². The van der Waals surface area contributed by atoms with Gasteiger partial charge in [-0.15, -0.1) is 11.3 Å². The molecule has 2 heterocycles. The number of aliphatic imine (C=N–C) groups is 1. The van der Waals surface area contributed by atoms with Gasteiger partial charge in [0.25, 0.3) is 0 Å². The SMILES string of the molecule is CN=C(NCCc1ccc(Cl)s1)NCCN1CCCCC1. The molecule has 1 saturated heterocycles. The van der Waals surface area contributed by atoms with E-state index in [1.807, 2.05) is 13.1 Å². The fourth-order valence-corrected chi connectivity index (χ4v) is 3.61. The third kappa shape index (κ3) is 6.24. The van der Waals surface area contributed by atoms with E-state index in [1.54, 1.807) is 11.3 Å². The predicted molar refractivity (Wildman–Crippen MR) is 92.7 cm³/mol. The van der Waals surface area contributed by atoms with Crippen molar-refractivity contribution in [1.82, 2.24) is 15.5 Å². The molecule has 1 aromatic rings. The highest BCUT2D eigenvalue weighted by Gasteiger charge is 2.09. The maximum atomic E-state index is 5.93. The predicted octanol–water partition coefficient (Wildman–Crippen LogP) is 2.59. The third-order valence-corrected chi connectivity index (χ3v) is 4.98. The van der Waals surface area contributed by atoms with Crippen LogP contribution in [0.5, 0.6) is 0 Å². The van der Waals surface area contributed by atoms with Crippen molar-refractivity contribution in [3.05, 3.63) is 21.3 Å². The third-order valence-electron chi connectivity index (χ3n) is 3.69. The van der Waals surface area contributed by atoms with E-state index in [9.17, 15) is 0 Å². The van der Waals surface area contributed by atoms with E-state index in [0.29, 0.717) is 0 Å².